The lowest BCUT2D eigenvalue weighted by molar-refractivity contribution is 0.452. The lowest BCUT2D eigenvalue weighted by Crippen LogP contribution is -2.32. The monoisotopic (exact) mass is 270 g/mol. The van der Waals surface area contributed by atoms with Crippen molar-refractivity contribution in [2.24, 2.45) is 12.8 Å². The molecule has 1 aliphatic carbocycles. The third-order valence-electron chi connectivity index (χ3n) is 5.52. The van der Waals surface area contributed by atoms with Crippen LogP contribution >= 0.6 is 0 Å². The Morgan fingerprint density at radius 1 is 1.10 bits per heavy atom. The zero-order valence-corrected chi connectivity index (χ0v) is 13.2. The first-order valence-corrected chi connectivity index (χ1v) is 7.77. The van der Waals surface area contributed by atoms with Crippen molar-refractivity contribution in [1.29, 1.82) is 0 Å². The molecule has 0 radical (unpaired) electrons. The highest BCUT2D eigenvalue weighted by molar-refractivity contribution is 5.92. The predicted octanol–water partition coefficient (Wildman–Crippen LogP) is 3.87. The largest absolute Gasteiger partial charge is 0.347 e. The van der Waals surface area contributed by atoms with E-state index in [1.54, 1.807) is 0 Å². The predicted molar refractivity (Wildman–Crippen MR) is 86.3 cm³/mol. The first-order chi connectivity index (χ1) is 9.52. The van der Waals surface area contributed by atoms with Crippen LogP contribution in [0.4, 0.5) is 0 Å². The van der Waals surface area contributed by atoms with Gasteiger partial charge in [0.05, 0.1) is 5.52 Å². The Bertz CT molecular complexity index is 658. The van der Waals surface area contributed by atoms with Crippen LogP contribution < -0.4 is 5.73 Å². The van der Waals surface area contributed by atoms with Gasteiger partial charge in [-0.05, 0) is 50.3 Å². The number of fused-ring (bicyclic) bond motifs is 1. The van der Waals surface area contributed by atoms with Crippen LogP contribution in [0.15, 0.2) is 12.1 Å². The van der Waals surface area contributed by atoms with Crippen molar-refractivity contribution in [3.05, 3.63) is 34.5 Å². The number of hydrogen-bond donors (Lipinski definition) is 1. The van der Waals surface area contributed by atoms with Crippen LogP contribution in [-0.2, 0) is 12.5 Å². The normalized spacial score (nSPS) is 18.1. The smallest absolute Gasteiger partial charge is 0.0515 e. The summed E-state index contributed by atoms with van der Waals surface area (Å²) in [4.78, 5) is 0. The van der Waals surface area contributed by atoms with E-state index in [-0.39, 0.29) is 5.41 Å². The van der Waals surface area contributed by atoms with E-state index in [4.69, 9.17) is 5.73 Å². The number of aromatic nitrogens is 1. The van der Waals surface area contributed by atoms with Crippen molar-refractivity contribution in [2.45, 2.75) is 51.9 Å². The third kappa shape index (κ3) is 1.67. The Hall–Kier alpha value is -1.28. The summed E-state index contributed by atoms with van der Waals surface area (Å²) in [7, 11) is 2.20. The van der Waals surface area contributed by atoms with Gasteiger partial charge in [-0.1, -0.05) is 25.0 Å². The molecular formula is C18H26N2. The molecule has 2 nitrogen and oxygen atoms in total. The van der Waals surface area contributed by atoms with Crippen LogP contribution in [0.25, 0.3) is 10.9 Å². The molecule has 0 atom stereocenters. The summed E-state index contributed by atoms with van der Waals surface area (Å²) in [6.45, 7) is 7.50. The summed E-state index contributed by atoms with van der Waals surface area (Å²) in [5.74, 6) is 0. The number of aryl methyl sites for hydroxylation is 3. The van der Waals surface area contributed by atoms with Gasteiger partial charge in [0, 0.05) is 30.1 Å². The van der Waals surface area contributed by atoms with E-state index in [0.717, 1.165) is 6.54 Å². The molecular weight excluding hydrogens is 244 g/mol. The number of benzene rings is 1. The first-order valence-electron chi connectivity index (χ1n) is 7.77. The Morgan fingerprint density at radius 2 is 1.70 bits per heavy atom. The second kappa shape index (κ2) is 4.63. The summed E-state index contributed by atoms with van der Waals surface area (Å²) >= 11 is 0. The van der Waals surface area contributed by atoms with Crippen molar-refractivity contribution >= 4 is 10.9 Å². The molecule has 1 fully saturated rings. The lowest BCUT2D eigenvalue weighted by atomic mass is 9.76. The maximum absolute atomic E-state index is 6.25. The molecule has 108 valence electrons. The molecule has 2 heteroatoms. The van der Waals surface area contributed by atoms with Crippen LogP contribution in [-0.4, -0.2) is 11.1 Å². The number of rotatable bonds is 2. The standard InChI is InChI=1S/C18H26N2/c1-12-7-8-13(2)17-15(12)16(14(3)20(17)4)18(11-19)9-5-6-10-18/h7-8H,5-6,9-11,19H2,1-4H3. The van der Waals surface area contributed by atoms with E-state index < -0.39 is 0 Å². The van der Waals surface area contributed by atoms with E-state index in [0.29, 0.717) is 0 Å². The highest BCUT2D eigenvalue weighted by atomic mass is 15.0. The van der Waals surface area contributed by atoms with Crippen LogP contribution in [0.1, 0.15) is 48.1 Å². The molecule has 20 heavy (non-hydrogen) atoms. The van der Waals surface area contributed by atoms with Gasteiger partial charge in [0.1, 0.15) is 0 Å². The average molecular weight is 270 g/mol. The maximum Gasteiger partial charge on any atom is 0.0515 e. The molecule has 1 heterocycles. The van der Waals surface area contributed by atoms with Gasteiger partial charge in [0.25, 0.3) is 0 Å². The fourth-order valence-electron chi connectivity index (χ4n) is 4.32. The first kappa shape index (κ1) is 13.7. The van der Waals surface area contributed by atoms with Gasteiger partial charge in [-0.2, -0.15) is 0 Å². The van der Waals surface area contributed by atoms with Crippen LogP contribution in [0, 0.1) is 20.8 Å². The molecule has 1 aromatic heterocycles. The number of nitrogens with zero attached hydrogens (tertiary/aromatic N) is 1. The molecule has 3 rings (SSSR count). The Morgan fingerprint density at radius 3 is 2.30 bits per heavy atom. The van der Waals surface area contributed by atoms with Gasteiger partial charge in [0.15, 0.2) is 0 Å². The highest BCUT2D eigenvalue weighted by Crippen LogP contribution is 2.46. The summed E-state index contributed by atoms with van der Waals surface area (Å²) in [5.41, 5.74) is 13.6. The van der Waals surface area contributed by atoms with Crippen molar-refractivity contribution in [3.8, 4) is 0 Å². The Balaban J connectivity index is 2.42. The number of hydrogen-bond acceptors (Lipinski definition) is 1. The molecule has 1 aliphatic rings. The van der Waals surface area contributed by atoms with Crippen LogP contribution in [0.5, 0.6) is 0 Å². The molecule has 2 N–H and O–H groups in total. The summed E-state index contributed by atoms with van der Waals surface area (Å²) in [6, 6.07) is 4.50. The molecule has 0 amide bonds. The van der Waals surface area contributed by atoms with Crippen molar-refractivity contribution in [1.82, 2.24) is 4.57 Å². The van der Waals surface area contributed by atoms with Crippen LogP contribution in [0.3, 0.4) is 0 Å². The van der Waals surface area contributed by atoms with Gasteiger partial charge < -0.3 is 10.3 Å². The van der Waals surface area contributed by atoms with Crippen LogP contribution in [0.2, 0.25) is 0 Å². The highest BCUT2D eigenvalue weighted by Gasteiger charge is 2.38. The zero-order valence-electron chi connectivity index (χ0n) is 13.2. The minimum Gasteiger partial charge on any atom is -0.347 e. The quantitative estimate of drug-likeness (QED) is 0.882. The van der Waals surface area contributed by atoms with E-state index in [1.807, 2.05) is 0 Å². The van der Waals surface area contributed by atoms with Gasteiger partial charge >= 0.3 is 0 Å². The minimum absolute atomic E-state index is 0.210. The average Bonchev–Trinajstić information content (AvgIpc) is 3.01. The van der Waals surface area contributed by atoms with E-state index in [2.05, 4.69) is 44.5 Å². The Kier molecular flexibility index (Phi) is 3.17. The molecule has 0 aliphatic heterocycles. The SMILES string of the molecule is Cc1ccc(C)c2c1c(C1(CN)CCCC1)c(C)n2C. The van der Waals surface area contributed by atoms with Gasteiger partial charge in [0.2, 0.25) is 0 Å². The molecule has 0 bridgehead atoms. The topological polar surface area (TPSA) is 30.9 Å². The van der Waals surface area contributed by atoms with E-state index >= 15 is 0 Å². The second-order valence-corrected chi connectivity index (χ2v) is 6.63. The zero-order chi connectivity index (χ0) is 14.5. The molecule has 1 aromatic carbocycles. The van der Waals surface area contributed by atoms with Gasteiger partial charge in [-0.25, -0.2) is 0 Å². The molecule has 0 unspecified atom stereocenters. The van der Waals surface area contributed by atoms with E-state index in [9.17, 15) is 0 Å². The van der Waals surface area contributed by atoms with Gasteiger partial charge in [-0.3, -0.25) is 0 Å². The van der Waals surface area contributed by atoms with Crippen molar-refractivity contribution < 1.29 is 0 Å². The van der Waals surface area contributed by atoms with E-state index in [1.165, 1.54) is 59.0 Å². The number of nitrogens with two attached hydrogens (primary N) is 1. The fraction of sp³-hybridized carbons (Fsp3) is 0.556. The summed E-state index contributed by atoms with van der Waals surface area (Å²) < 4.78 is 2.38. The second-order valence-electron chi connectivity index (χ2n) is 6.63. The Labute approximate surface area is 122 Å². The fourth-order valence-corrected chi connectivity index (χ4v) is 4.32. The minimum atomic E-state index is 0.210. The molecule has 1 saturated carbocycles. The summed E-state index contributed by atoms with van der Waals surface area (Å²) in [6.07, 6.45) is 5.13. The van der Waals surface area contributed by atoms with Crippen molar-refractivity contribution in [2.75, 3.05) is 6.54 Å². The molecule has 2 aromatic rings. The summed E-state index contributed by atoms with van der Waals surface area (Å²) in [5, 5.41) is 1.47. The lowest BCUT2D eigenvalue weighted by Gasteiger charge is -2.29. The molecule has 0 spiro atoms. The third-order valence-corrected chi connectivity index (χ3v) is 5.52. The van der Waals surface area contributed by atoms with Gasteiger partial charge in [-0.15, -0.1) is 0 Å². The molecule has 0 saturated heterocycles. The maximum atomic E-state index is 6.25. The van der Waals surface area contributed by atoms with Crippen molar-refractivity contribution in [3.63, 3.8) is 0 Å².